The molecule has 0 atom stereocenters. The predicted molar refractivity (Wildman–Crippen MR) is 74.1 cm³/mol. The Morgan fingerprint density at radius 3 is 2.12 bits per heavy atom. The largest absolute Gasteiger partial charge is 0.374 e. The van der Waals surface area contributed by atoms with E-state index in [2.05, 4.69) is 42.8 Å². The summed E-state index contributed by atoms with van der Waals surface area (Å²) in [6.07, 6.45) is 0.953. The average molecular weight is 256 g/mol. The molecule has 0 amide bonds. The Morgan fingerprint density at radius 1 is 1.12 bits per heavy atom. The first-order chi connectivity index (χ1) is 7.97. The second-order valence-electron chi connectivity index (χ2n) is 5.33. The van der Waals surface area contributed by atoms with Crippen molar-refractivity contribution in [2.45, 2.75) is 34.1 Å². The van der Waals surface area contributed by atoms with Crippen molar-refractivity contribution in [2.24, 2.45) is 11.8 Å². The monoisotopic (exact) mass is 256 g/mol. The second-order valence-corrected chi connectivity index (χ2v) is 6.42. The zero-order valence-corrected chi connectivity index (χ0v) is 12.1. The molecular weight excluding hydrogens is 232 g/mol. The highest BCUT2D eigenvalue weighted by molar-refractivity contribution is 7.15. The fourth-order valence-electron chi connectivity index (χ4n) is 1.91. The summed E-state index contributed by atoms with van der Waals surface area (Å²) in [5.41, 5.74) is 5.58. The van der Waals surface area contributed by atoms with Crippen molar-refractivity contribution in [3.63, 3.8) is 0 Å². The van der Waals surface area contributed by atoms with Crippen molar-refractivity contribution in [3.8, 4) is 0 Å². The molecule has 0 bridgehead atoms. The fraction of sp³-hybridized carbons (Fsp3) is 0.833. The van der Waals surface area contributed by atoms with Crippen LogP contribution in [-0.2, 0) is 6.42 Å². The van der Waals surface area contributed by atoms with E-state index >= 15 is 0 Å². The quantitative estimate of drug-likeness (QED) is 0.813. The summed E-state index contributed by atoms with van der Waals surface area (Å²) >= 11 is 1.50. The molecule has 1 heterocycles. The van der Waals surface area contributed by atoms with Crippen molar-refractivity contribution >= 4 is 16.5 Å². The van der Waals surface area contributed by atoms with E-state index in [0.717, 1.165) is 31.1 Å². The lowest BCUT2D eigenvalue weighted by Crippen LogP contribution is -2.33. The maximum Gasteiger partial charge on any atom is 0.203 e. The van der Waals surface area contributed by atoms with Crippen LogP contribution in [0.3, 0.4) is 0 Å². The van der Waals surface area contributed by atoms with Gasteiger partial charge in [0, 0.05) is 26.1 Å². The van der Waals surface area contributed by atoms with Crippen LogP contribution in [-0.4, -0.2) is 34.7 Å². The van der Waals surface area contributed by atoms with Gasteiger partial charge in [-0.05, 0) is 11.8 Å². The van der Waals surface area contributed by atoms with Gasteiger partial charge in [0.05, 0.1) is 0 Å². The van der Waals surface area contributed by atoms with Gasteiger partial charge >= 0.3 is 0 Å². The van der Waals surface area contributed by atoms with Gasteiger partial charge in [0.15, 0.2) is 0 Å². The lowest BCUT2D eigenvalue weighted by molar-refractivity contribution is 0.221. The molecule has 0 aromatic carbocycles. The van der Waals surface area contributed by atoms with Gasteiger partial charge in [-0.25, -0.2) is 0 Å². The van der Waals surface area contributed by atoms with E-state index in [0.29, 0.717) is 17.0 Å². The van der Waals surface area contributed by atoms with Crippen LogP contribution in [0.4, 0.5) is 5.13 Å². The number of hydrogen-bond acceptors (Lipinski definition) is 5. The van der Waals surface area contributed by atoms with Crippen molar-refractivity contribution in [1.82, 2.24) is 15.1 Å². The van der Waals surface area contributed by atoms with Gasteiger partial charge in [-0.3, -0.25) is 0 Å². The smallest absolute Gasteiger partial charge is 0.203 e. The van der Waals surface area contributed by atoms with Crippen LogP contribution < -0.4 is 5.73 Å². The SMILES string of the molecule is CC(C)CN(CCc1nnc(N)s1)CC(C)C. The number of nitrogens with zero attached hydrogens (tertiary/aromatic N) is 3. The molecular formula is C12H24N4S. The minimum absolute atomic E-state index is 0.569. The maximum atomic E-state index is 5.58. The van der Waals surface area contributed by atoms with Crippen LogP contribution >= 0.6 is 11.3 Å². The van der Waals surface area contributed by atoms with Crippen molar-refractivity contribution in [1.29, 1.82) is 0 Å². The van der Waals surface area contributed by atoms with Crippen molar-refractivity contribution < 1.29 is 0 Å². The van der Waals surface area contributed by atoms with E-state index in [4.69, 9.17) is 5.73 Å². The average Bonchev–Trinajstić information content (AvgIpc) is 2.59. The van der Waals surface area contributed by atoms with Gasteiger partial charge in [-0.1, -0.05) is 39.0 Å². The van der Waals surface area contributed by atoms with Gasteiger partial charge < -0.3 is 10.6 Å². The number of nitrogens with two attached hydrogens (primary N) is 1. The van der Waals surface area contributed by atoms with E-state index < -0.39 is 0 Å². The number of anilines is 1. The molecule has 0 spiro atoms. The lowest BCUT2D eigenvalue weighted by Gasteiger charge is -2.25. The Morgan fingerprint density at radius 2 is 1.71 bits per heavy atom. The van der Waals surface area contributed by atoms with Crippen LogP contribution in [0.5, 0.6) is 0 Å². The molecule has 1 aromatic heterocycles. The Kier molecular flexibility index (Phi) is 5.85. The first-order valence-electron chi connectivity index (χ1n) is 6.27. The topological polar surface area (TPSA) is 55.0 Å². The third-order valence-electron chi connectivity index (χ3n) is 2.37. The van der Waals surface area contributed by atoms with Crippen LogP contribution in [0.15, 0.2) is 0 Å². The summed E-state index contributed by atoms with van der Waals surface area (Å²) in [5, 5.41) is 9.52. The summed E-state index contributed by atoms with van der Waals surface area (Å²) in [6.45, 7) is 12.4. The molecule has 5 heteroatoms. The minimum Gasteiger partial charge on any atom is -0.374 e. The number of aromatic nitrogens is 2. The van der Waals surface area contributed by atoms with Gasteiger partial charge in [-0.2, -0.15) is 0 Å². The molecule has 0 saturated heterocycles. The summed E-state index contributed by atoms with van der Waals surface area (Å²) in [7, 11) is 0. The van der Waals surface area contributed by atoms with Gasteiger partial charge in [0.2, 0.25) is 5.13 Å². The highest BCUT2D eigenvalue weighted by Gasteiger charge is 2.10. The molecule has 98 valence electrons. The van der Waals surface area contributed by atoms with Crippen molar-refractivity contribution in [2.75, 3.05) is 25.4 Å². The maximum absolute atomic E-state index is 5.58. The standard InChI is InChI=1S/C12H24N4S/c1-9(2)7-16(8-10(3)4)6-5-11-14-15-12(13)17-11/h9-10H,5-8H2,1-4H3,(H2,13,15). The molecule has 17 heavy (non-hydrogen) atoms. The Hall–Kier alpha value is -0.680. The number of nitrogen functional groups attached to an aromatic ring is 1. The molecule has 0 unspecified atom stereocenters. The van der Waals surface area contributed by atoms with E-state index in [9.17, 15) is 0 Å². The predicted octanol–water partition coefficient (Wildman–Crippen LogP) is 2.28. The molecule has 1 rings (SSSR count). The highest BCUT2D eigenvalue weighted by Crippen LogP contribution is 2.13. The van der Waals surface area contributed by atoms with E-state index in [1.165, 1.54) is 11.3 Å². The summed E-state index contributed by atoms with van der Waals surface area (Å²) in [5.74, 6) is 1.40. The molecule has 0 aliphatic carbocycles. The third-order valence-corrected chi connectivity index (χ3v) is 3.18. The molecule has 0 saturated carbocycles. The Bertz CT molecular complexity index is 312. The minimum atomic E-state index is 0.569. The molecule has 0 aliphatic rings. The molecule has 0 radical (unpaired) electrons. The Balaban J connectivity index is 2.42. The first-order valence-corrected chi connectivity index (χ1v) is 7.09. The van der Waals surface area contributed by atoms with Crippen LogP contribution in [0, 0.1) is 11.8 Å². The summed E-state index contributed by atoms with van der Waals surface area (Å²) in [6, 6.07) is 0. The third kappa shape index (κ3) is 5.98. The normalized spacial score (nSPS) is 11.9. The molecule has 1 aromatic rings. The molecule has 2 N–H and O–H groups in total. The zero-order chi connectivity index (χ0) is 12.8. The van der Waals surface area contributed by atoms with Gasteiger partial charge in [-0.15, -0.1) is 10.2 Å². The van der Waals surface area contributed by atoms with E-state index in [1.807, 2.05) is 0 Å². The van der Waals surface area contributed by atoms with Crippen LogP contribution in [0.25, 0.3) is 0 Å². The molecule has 4 nitrogen and oxygen atoms in total. The van der Waals surface area contributed by atoms with Gasteiger partial charge in [0.25, 0.3) is 0 Å². The highest BCUT2D eigenvalue weighted by atomic mass is 32.1. The zero-order valence-electron chi connectivity index (χ0n) is 11.3. The number of hydrogen-bond donors (Lipinski definition) is 1. The summed E-state index contributed by atoms with van der Waals surface area (Å²) < 4.78 is 0. The first kappa shape index (κ1) is 14.4. The van der Waals surface area contributed by atoms with Crippen molar-refractivity contribution in [3.05, 3.63) is 5.01 Å². The van der Waals surface area contributed by atoms with Crippen LogP contribution in [0.2, 0.25) is 0 Å². The number of rotatable bonds is 7. The van der Waals surface area contributed by atoms with Gasteiger partial charge in [0.1, 0.15) is 5.01 Å². The lowest BCUT2D eigenvalue weighted by atomic mass is 10.1. The molecule has 0 fully saturated rings. The van der Waals surface area contributed by atoms with E-state index in [-0.39, 0.29) is 0 Å². The molecule has 0 aliphatic heterocycles. The fourth-order valence-corrected chi connectivity index (χ4v) is 2.51. The Labute approximate surface area is 108 Å². The van der Waals surface area contributed by atoms with E-state index in [1.54, 1.807) is 0 Å². The van der Waals surface area contributed by atoms with Crippen LogP contribution in [0.1, 0.15) is 32.7 Å². The second kappa shape index (κ2) is 6.91. The summed E-state index contributed by atoms with van der Waals surface area (Å²) in [4.78, 5) is 2.51.